The van der Waals surface area contributed by atoms with Crippen molar-refractivity contribution in [3.63, 3.8) is 0 Å². The van der Waals surface area contributed by atoms with Crippen LogP contribution in [0.4, 0.5) is 0 Å². The fourth-order valence-electron chi connectivity index (χ4n) is 4.38. The van der Waals surface area contributed by atoms with E-state index in [9.17, 15) is 14.4 Å². The first-order valence-corrected chi connectivity index (χ1v) is 10.7. The molecule has 1 aliphatic rings. The topological polar surface area (TPSA) is 60.4 Å². The van der Waals surface area contributed by atoms with Crippen molar-refractivity contribution in [3.05, 3.63) is 131 Å². The van der Waals surface area contributed by atoms with Crippen LogP contribution in [0.3, 0.4) is 0 Å². The molecule has 0 N–H and O–H groups in total. The summed E-state index contributed by atoms with van der Waals surface area (Å²) < 4.78 is 6.04. The van der Waals surface area contributed by atoms with Gasteiger partial charge in [-0.2, -0.15) is 0 Å². The van der Waals surface area contributed by atoms with Crippen LogP contribution in [-0.4, -0.2) is 17.5 Å². The third kappa shape index (κ3) is 3.56. The van der Waals surface area contributed by atoms with Crippen LogP contribution in [-0.2, 0) is 10.3 Å². The smallest absolute Gasteiger partial charge is 0.339 e. The zero-order valence-corrected chi connectivity index (χ0v) is 17.7. The number of esters is 1. The molecule has 0 radical (unpaired) electrons. The molecule has 4 nitrogen and oxygen atoms in total. The lowest BCUT2D eigenvalue weighted by Gasteiger charge is -2.37. The van der Waals surface area contributed by atoms with E-state index >= 15 is 0 Å². The second-order valence-corrected chi connectivity index (χ2v) is 7.97. The van der Waals surface area contributed by atoms with Gasteiger partial charge in [-0.25, -0.2) is 4.79 Å². The molecule has 0 fully saturated rings. The predicted molar refractivity (Wildman–Crippen MR) is 125 cm³/mol. The monoisotopic (exact) mass is 432 g/mol. The van der Waals surface area contributed by atoms with Gasteiger partial charge in [0.25, 0.3) is 0 Å². The first-order valence-electron chi connectivity index (χ1n) is 10.7. The van der Waals surface area contributed by atoms with E-state index in [1.54, 1.807) is 78.9 Å². The lowest BCUT2D eigenvalue weighted by atomic mass is 9.72. The SMILES string of the molecule is O=C(CC1(OC(=O)c2ccccc2)C(=O)c2ccccc2-c2ccccc21)c1ccccc1. The van der Waals surface area contributed by atoms with Crippen LogP contribution >= 0.6 is 0 Å². The summed E-state index contributed by atoms with van der Waals surface area (Å²) >= 11 is 0. The molecule has 1 aliphatic carbocycles. The Balaban J connectivity index is 1.69. The molecule has 5 rings (SSSR count). The Kier molecular flexibility index (Phi) is 5.19. The number of fused-ring (bicyclic) bond motifs is 3. The quantitative estimate of drug-likeness (QED) is 0.292. The van der Waals surface area contributed by atoms with Gasteiger partial charge in [0.05, 0.1) is 12.0 Å². The minimum Gasteiger partial charge on any atom is -0.442 e. The van der Waals surface area contributed by atoms with Crippen molar-refractivity contribution in [2.24, 2.45) is 0 Å². The Bertz CT molecular complexity index is 1300. The molecule has 4 aromatic carbocycles. The Labute approximate surface area is 191 Å². The van der Waals surface area contributed by atoms with Crippen LogP contribution in [0, 0.1) is 0 Å². The van der Waals surface area contributed by atoms with Gasteiger partial charge in [0, 0.05) is 16.7 Å². The first-order chi connectivity index (χ1) is 16.1. The summed E-state index contributed by atoms with van der Waals surface area (Å²) in [6.45, 7) is 0. The molecule has 4 aromatic rings. The summed E-state index contributed by atoms with van der Waals surface area (Å²) in [6, 6.07) is 31.8. The van der Waals surface area contributed by atoms with Crippen LogP contribution in [0.1, 0.15) is 43.1 Å². The number of carbonyl (C=O) groups excluding carboxylic acids is 3. The molecule has 0 aliphatic heterocycles. The average molecular weight is 432 g/mol. The summed E-state index contributed by atoms with van der Waals surface area (Å²) in [7, 11) is 0. The van der Waals surface area contributed by atoms with Gasteiger partial charge in [-0.15, -0.1) is 0 Å². The molecule has 4 heteroatoms. The van der Waals surface area contributed by atoms with Crippen molar-refractivity contribution in [2.45, 2.75) is 12.0 Å². The molecular weight excluding hydrogens is 412 g/mol. The Hall–Kier alpha value is -4.31. The maximum Gasteiger partial charge on any atom is 0.339 e. The summed E-state index contributed by atoms with van der Waals surface area (Å²) in [5.74, 6) is -1.33. The number of hydrogen-bond donors (Lipinski definition) is 0. The minimum atomic E-state index is -1.77. The van der Waals surface area contributed by atoms with Crippen molar-refractivity contribution >= 4 is 17.5 Å². The Morgan fingerprint density at radius 3 is 1.79 bits per heavy atom. The maximum absolute atomic E-state index is 14.0. The van der Waals surface area contributed by atoms with Crippen molar-refractivity contribution in [3.8, 4) is 11.1 Å². The van der Waals surface area contributed by atoms with Gasteiger partial charge >= 0.3 is 5.97 Å². The Morgan fingerprint density at radius 1 is 0.606 bits per heavy atom. The predicted octanol–water partition coefficient (Wildman–Crippen LogP) is 5.88. The van der Waals surface area contributed by atoms with E-state index in [-0.39, 0.29) is 12.2 Å². The highest BCUT2D eigenvalue weighted by atomic mass is 16.6. The lowest BCUT2D eigenvalue weighted by Crippen LogP contribution is -2.45. The van der Waals surface area contributed by atoms with Crippen molar-refractivity contribution in [1.82, 2.24) is 0 Å². The average Bonchev–Trinajstić information content (AvgIpc) is 2.88. The fraction of sp³-hybridized carbons (Fsp3) is 0.0690. The van der Waals surface area contributed by atoms with Gasteiger partial charge in [-0.3, -0.25) is 9.59 Å². The van der Waals surface area contributed by atoms with E-state index in [1.807, 2.05) is 30.3 Å². The zero-order chi connectivity index (χ0) is 22.8. The van der Waals surface area contributed by atoms with E-state index < -0.39 is 17.4 Å². The normalized spacial score (nSPS) is 16.4. The van der Waals surface area contributed by atoms with Crippen LogP contribution in [0.25, 0.3) is 11.1 Å². The molecule has 0 saturated carbocycles. The number of benzene rings is 4. The number of ketones is 2. The van der Waals surface area contributed by atoms with Gasteiger partial charge in [-0.1, -0.05) is 97.1 Å². The minimum absolute atomic E-state index is 0.279. The highest BCUT2D eigenvalue weighted by molar-refractivity contribution is 6.15. The highest BCUT2D eigenvalue weighted by Gasteiger charge is 2.51. The van der Waals surface area contributed by atoms with Crippen LogP contribution in [0.2, 0.25) is 0 Å². The van der Waals surface area contributed by atoms with Gasteiger partial charge in [0.1, 0.15) is 0 Å². The van der Waals surface area contributed by atoms with Crippen LogP contribution in [0.5, 0.6) is 0 Å². The summed E-state index contributed by atoms with van der Waals surface area (Å²) in [5.41, 5.74) is 1.47. The number of rotatable bonds is 5. The van der Waals surface area contributed by atoms with Gasteiger partial charge in [-0.05, 0) is 23.3 Å². The molecule has 0 bridgehead atoms. The molecule has 0 amide bonds. The molecule has 0 heterocycles. The van der Waals surface area contributed by atoms with Crippen molar-refractivity contribution < 1.29 is 19.1 Å². The standard InChI is InChI=1S/C29H20O4/c30-26(20-11-3-1-4-12-20)19-29(33-28(32)21-13-5-2-6-14-21)25-18-10-9-16-23(25)22-15-7-8-17-24(22)27(29)31/h1-18H,19H2. The van der Waals surface area contributed by atoms with Crippen molar-refractivity contribution in [1.29, 1.82) is 0 Å². The summed E-state index contributed by atoms with van der Waals surface area (Å²) in [6.07, 6.45) is -0.292. The first kappa shape index (κ1) is 20.6. The summed E-state index contributed by atoms with van der Waals surface area (Å²) in [4.78, 5) is 40.6. The molecule has 0 spiro atoms. The largest absolute Gasteiger partial charge is 0.442 e. The van der Waals surface area contributed by atoms with Gasteiger partial charge in [0.2, 0.25) is 11.4 Å². The van der Waals surface area contributed by atoms with E-state index in [2.05, 4.69) is 0 Å². The number of hydrogen-bond acceptors (Lipinski definition) is 4. The van der Waals surface area contributed by atoms with Crippen LogP contribution in [0.15, 0.2) is 109 Å². The van der Waals surface area contributed by atoms with Gasteiger partial charge < -0.3 is 4.74 Å². The van der Waals surface area contributed by atoms with E-state index in [1.165, 1.54) is 0 Å². The zero-order valence-electron chi connectivity index (χ0n) is 17.7. The number of ether oxygens (including phenoxy) is 1. The molecule has 0 aromatic heterocycles. The second kappa shape index (κ2) is 8.32. The third-order valence-corrected chi connectivity index (χ3v) is 5.97. The molecule has 160 valence electrons. The summed E-state index contributed by atoms with van der Waals surface area (Å²) in [5, 5.41) is 0. The fourth-order valence-corrected chi connectivity index (χ4v) is 4.38. The molecule has 0 saturated heterocycles. The molecule has 33 heavy (non-hydrogen) atoms. The number of Topliss-reactive ketones (excluding diaryl/α,β-unsaturated/α-hetero) is 2. The molecule has 1 unspecified atom stereocenters. The van der Waals surface area contributed by atoms with E-state index in [4.69, 9.17) is 4.74 Å². The number of carbonyl (C=O) groups is 3. The van der Waals surface area contributed by atoms with Gasteiger partial charge in [0.15, 0.2) is 5.78 Å². The van der Waals surface area contributed by atoms with Crippen molar-refractivity contribution in [2.75, 3.05) is 0 Å². The molecule has 1 atom stereocenters. The van der Waals surface area contributed by atoms with E-state index in [0.29, 0.717) is 22.3 Å². The van der Waals surface area contributed by atoms with E-state index in [0.717, 1.165) is 11.1 Å². The van der Waals surface area contributed by atoms with Crippen LogP contribution < -0.4 is 0 Å². The second-order valence-electron chi connectivity index (χ2n) is 7.97. The lowest BCUT2D eigenvalue weighted by molar-refractivity contribution is -0.0134. The maximum atomic E-state index is 14.0. The third-order valence-electron chi connectivity index (χ3n) is 5.97. The highest BCUT2D eigenvalue weighted by Crippen LogP contribution is 2.46. The Morgan fingerprint density at radius 2 is 1.12 bits per heavy atom. The molecular formula is C29H20O4.